The van der Waals surface area contributed by atoms with Gasteiger partial charge < -0.3 is 15.5 Å². The Labute approximate surface area is 172 Å². The van der Waals surface area contributed by atoms with Gasteiger partial charge >= 0.3 is 0 Å². The minimum atomic E-state index is -0.331. The van der Waals surface area contributed by atoms with Crippen LogP contribution in [-0.2, 0) is 11.3 Å². The number of amides is 1. The number of benzene rings is 1. The number of nitrogens with zero attached hydrogens (tertiary/aromatic N) is 4. The fourth-order valence-corrected chi connectivity index (χ4v) is 4.38. The summed E-state index contributed by atoms with van der Waals surface area (Å²) in [5.74, 6) is 1.75. The van der Waals surface area contributed by atoms with Crippen LogP contribution in [0.2, 0.25) is 0 Å². The molecule has 2 atom stereocenters. The van der Waals surface area contributed by atoms with E-state index in [1.807, 2.05) is 24.3 Å². The summed E-state index contributed by atoms with van der Waals surface area (Å²) in [6.45, 7) is 11.8. The molecule has 2 aliphatic heterocycles. The Bertz CT molecular complexity index is 870. The van der Waals surface area contributed by atoms with Gasteiger partial charge in [0, 0.05) is 37.6 Å². The first kappa shape index (κ1) is 20.0. The van der Waals surface area contributed by atoms with E-state index in [-0.39, 0.29) is 23.9 Å². The molecule has 156 valence electrons. The second-order valence-corrected chi connectivity index (χ2v) is 8.54. The molecule has 3 heterocycles. The zero-order valence-corrected chi connectivity index (χ0v) is 17.7. The first-order valence-electron chi connectivity index (χ1n) is 10.8. The molecular formula is C22H32N6O. The van der Waals surface area contributed by atoms with Crippen LogP contribution in [0, 0.1) is 5.92 Å². The summed E-state index contributed by atoms with van der Waals surface area (Å²) in [6.07, 6.45) is 1.15. The number of rotatable bonds is 3. The van der Waals surface area contributed by atoms with E-state index in [4.69, 9.17) is 9.97 Å². The van der Waals surface area contributed by atoms with Gasteiger partial charge in [-0.15, -0.1) is 0 Å². The van der Waals surface area contributed by atoms with Crippen molar-refractivity contribution in [1.29, 1.82) is 0 Å². The van der Waals surface area contributed by atoms with Crippen LogP contribution in [0.25, 0.3) is 10.9 Å². The topological polar surface area (TPSA) is 73.4 Å². The smallest absolute Gasteiger partial charge is 0.242 e. The molecule has 1 saturated heterocycles. The molecule has 2 N–H and O–H groups in total. The van der Waals surface area contributed by atoms with E-state index in [0.29, 0.717) is 13.1 Å². The Morgan fingerprint density at radius 1 is 1.21 bits per heavy atom. The van der Waals surface area contributed by atoms with E-state index in [9.17, 15) is 4.79 Å². The van der Waals surface area contributed by atoms with E-state index in [1.54, 1.807) is 0 Å². The summed E-state index contributed by atoms with van der Waals surface area (Å²) in [5, 5.41) is 7.60. The first-order chi connectivity index (χ1) is 14.0. The van der Waals surface area contributed by atoms with E-state index in [1.165, 1.54) is 0 Å². The average molecular weight is 397 g/mol. The van der Waals surface area contributed by atoms with Crippen molar-refractivity contribution in [2.45, 2.75) is 45.8 Å². The van der Waals surface area contributed by atoms with Crippen LogP contribution in [0.5, 0.6) is 0 Å². The lowest BCUT2D eigenvalue weighted by atomic mass is 10.0. The second-order valence-electron chi connectivity index (χ2n) is 8.54. The summed E-state index contributed by atoms with van der Waals surface area (Å²) in [7, 11) is 0. The van der Waals surface area contributed by atoms with Gasteiger partial charge in [-0.1, -0.05) is 32.9 Å². The molecule has 1 aromatic carbocycles. The van der Waals surface area contributed by atoms with E-state index >= 15 is 0 Å². The second kappa shape index (κ2) is 8.63. The van der Waals surface area contributed by atoms with Crippen molar-refractivity contribution < 1.29 is 4.79 Å². The van der Waals surface area contributed by atoms with E-state index < -0.39 is 0 Å². The van der Waals surface area contributed by atoms with Crippen molar-refractivity contribution in [2.75, 3.05) is 38.0 Å². The molecule has 0 spiro atoms. The molecule has 2 aromatic rings. The number of anilines is 1. The van der Waals surface area contributed by atoms with Crippen LogP contribution < -0.4 is 10.6 Å². The Morgan fingerprint density at radius 2 is 2.03 bits per heavy atom. The number of aromatic nitrogens is 2. The maximum atomic E-state index is 13.0. The molecule has 0 aliphatic carbocycles. The minimum absolute atomic E-state index is 0.0405. The van der Waals surface area contributed by atoms with Gasteiger partial charge in [-0.2, -0.15) is 0 Å². The van der Waals surface area contributed by atoms with Crippen LogP contribution in [-0.4, -0.2) is 70.5 Å². The number of carbonyl (C=O) groups is 1. The molecule has 1 fully saturated rings. The molecule has 29 heavy (non-hydrogen) atoms. The molecule has 7 heteroatoms. The summed E-state index contributed by atoms with van der Waals surface area (Å²) in [6, 6.07) is 7.96. The third-order valence-corrected chi connectivity index (χ3v) is 5.98. The summed E-state index contributed by atoms with van der Waals surface area (Å²) < 4.78 is 0. The van der Waals surface area contributed by atoms with Gasteiger partial charge in [-0.25, -0.2) is 9.97 Å². The van der Waals surface area contributed by atoms with Gasteiger partial charge in [0.1, 0.15) is 17.7 Å². The number of fused-ring (bicyclic) bond motifs is 5. The lowest BCUT2D eigenvalue weighted by Gasteiger charge is -2.41. The summed E-state index contributed by atoms with van der Waals surface area (Å²) >= 11 is 0. The molecule has 0 radical (unpaired) electrons. The highest BCUT2D eigenvalue weighted by Gasteiger charge is 2.31. The van der Waals surface area contributed by atoms with Crippen molar-refractivity contribution >= 4 is 22.6 Å². The van der Waals surface area contributed by atoms with Crippen LogP contribution >= 0.6 is 0 Å². The van der Waals surface area contributed by atoms with Crippen molar-refractivity contribution in [3.05, 3.63) is 30.1 Å². The highest BCUT2D eigenvalue weighted by atomic mass is 16.2. The molecule has 1 aromatic heterocycles. The summed E-state index contributed by atoms with van der Waals surface area (Å²) in [4.78, 5) is 27.7. The molecule has 2 bridgehead atoms. The van der Waals surface area contributed by atoms with Gasteiger partial charge in [-0.05, 0) is 31.0 Å². The van der Waals surface area contributed by atoms with Crippen molar-refractivity contribution in [3.63, 3.8) is 0 Å². The lowest BCUT2D eigenvalue weighted by molar-refractivity contribution is -0.123. The van der Waals surface area contributed by atoms with Crippen LogP contribution in [0.1, 0.15) is 33.0 Å². The molecule has 0 saturated carbocycles. The van der Waals surface area contributed by atoms with E-state index in [0.717, 1.165) is 55.1 Å². The molecule has 4 rings (SSSR count). The van der Waals surface area contributed by atoms with Gasteiger partial charge in [0.05, 0.1) is 12.1 Å². The number of nitrogens with one attached hydrogen (secondary N) is 2. The third-order valence-electron chi connectivity index (χ3n) is 5.98. The number of carbonyl (C=O) groups excluding carboxylic acids is 1. The van der Waals surface area contributed by atoms with Crippen LogP contribution in [0.4, 0.5) is 5.82 Å². The Kier molecular flexibility index (Phi) is 5.96. The van der Waals surface area contributed by atoms with Crippen molar-refractivity contribution in [1.82, 2.24) is 25.1 Å². The summed E-state index contributed by atoms with van der Waals surface area (Å²) in [5.41, 5.74) is 0.920. The average Bonchev–Trinajstić information content (AvgIpc) is 2.73. The van der Waals surface area contributed by atoms with Crippen molar-refractivity contribution in [3.8, 4) is 0 Å². The Hall–Kier alpha value is -2.25. The SMILES string of the molecule is CCCN1CCN2Cc3nc(c4ccccc4n3)N[C@@H](C(C)C)C(=O)NCC2C1. The van der Waals surface area contributed by atoms with Crippen molar-refractivity contribution in [2.24, 2.45) is 5.92 Å². The molecule has 7 nitrogen and oxygen atoms in total. The Balaban J connectivity index is 1.72. The highest BCUT2D eigenvalue weighted by molar-refractivity contribution is 5.92. The van der Waals surface area contributed by atoms with E-state index in [2.05, 4.69) is 41.2 Å². The van der Waals surface area contributed by atoms with Gasteiger partial charge in [0.2, 0.25) is 5.91 Å². The number of piperazine rings is 1. The number of hydrogen-bond acceptors (Lipinski definition) is 6. The molecule has 1 amide bonds. The first-order valence-corrected chi connectivity index (χ1v) is 10.8. The normalized spacial score (nSPS) is 23.9. The Morgan fingerprint density at radius 3 is 2.83 bits per heavy atom. The fraction of sp³-hybridized carbons (Fsp3) is 0.591. The molecular weight excluding hydrogens is 364 g/mol. The van der Waals surface area contributed by atoms with Gasteiger partial charge in [-0.3, -0.25) is 9.69 Å². The number of para-hydroxylation sites is 1. The fourth-order valence-electron chi connectivity index (χ4n) is 4.38. The predicted molar refractivity (Wildman–Crippen MR) is 116 cm³/mol. The maximum Gasteiger partial charge on any atom is 0.242 e. The zero-order chi connectivity index (χ0) is 20.4. The molecule has 2 aliphatic rings. The van der Waals surface area contributed by atoms with Crippen LogP contribution in [0.15, 0.2) is 24.3 Å². The van der Waals surface area contributed by atoms with Gasteiger partial charge in [0.25, 0.3) is 0 Å². The monoisotopic (exact) mass is 396 g/mol. The predicted octanol–water partition coefficient (Wildman–Crippen LogP) is 2.09. The zero-order valence-electron chi connectivity index (χ0n) is 17.7. The molecule has 1 unspecified atom stereocenters. The van der Waals surface area contributed by atoms with Gasteiger partial charge in [0.15, 0.2) is 0 Å². The quantitative estimate of drug-likeness (QED) is 0.828. The highest BCUT2D eigenvalue weighted by Crippen LogP contribution is 2.24. The lowest BCUT2D eigenvalue weighted by Crippen LogP contribution is -2.57. The standard InChI is InChI=1S/C22H32N6O/c1-4-9-27-10-11-28-14-19-24-18-8-6-5-7-17(18)21(25-19)26-20(15(2)3)22(29)23-12-16(28)13-27/h5-8,15-16,20H,4,9-14H2,1-3H3,(H,23,29)(H,24,25,26)/t16?,20-/m0/s1. The minimum Gasteiger partial charge on any atom is -0.358 e. The van der Waals surface area contributed by atoms with Crippen LogP contribution in [0.3, 0.4) is 0 Å². The number of hydrogen-bond donors (Lipinski definition) is 2. The largest absolute Gasteiger partial charge is 0.358 e. The third kappa shape index (κ3) is 4.36. The maximum absolute atomic E-state index is 13.0.